The highest BCUT2D eigenvalue weighted by molar-refractivity contribution is 14.0. The average molecular weight is 501 g/mol. The molecule has 1 heterocycles. The van der Waals surface area contributed by atoms with Gasteiger partial charge in [-0.05, 0) is 18.4 Å². The van der Waals surface area contributed by atoms with Gasteiger partial charge in [-0.3, -0.25) is 14.6 Å². The number of hydrogen-bond donors (Lipinski definition) is 3. The number of carbonyl (C=O) groups excluding carboxylic acids is 2. The molecule has 0 saturated carbocycles. The van der Waals surface area contributed by atoms with Gasteiger partial charge in [0.05, 0.1) is 6.54 Å². The molecule has 156 valence electrons. The van der Waals surface area contributed by atoms with Crippen LogP contribution in [0.15, 0.2) is 35.3 Å². The molecule has 0 bridgehead atoms. The van der Waals surface area contributed by atoms with Crippen LogP contribution in [0.25, 0.3) is 0 Å². The maximum Gasteiger partial charge on any atom is 0.239 e. The van der Waals surface area contributed by atoms with Gasteiger partial charge in [0.15, 0.2) is 5.96 Å². The standard InChI is InChI=1S/C20H31N5O2.HI/c1-3-10-22-18(26)14-24-20(21-2)23-13-17-12-19(27)25(15-17)11-9-16-7-5-4-6-8-16;/h4-8,17H,3,9-15H2,1-2H3,(H,22,26)(H2,21,23,24);1H. The van der Waals surface area contributed by atoms with Gasteiger partial charge in [-0.15, -0.1) is 24.0 Å². The molecule has 8 heteroatoms. The number of amides is 2. The largest absolute Gasteiger partial charge is 0.356 e. The van der Waals surface area contributed by atoms with Gasteiger partial charge in [-0.25, -0.2) is 0 Å². The van der Waals surface area contributed by atoms with Crippen LogP contribution in [0.4, 0.5) is 0 Å². The number of likely N-dealkylation sites (tertiary alicyclic amines) is 1. The Hall–Kier alpha value is -1.84. The molecule has 7 nitrogen and oxygen atoms in total. The van der Waals surface area contributed by atoms with Crippen molar-refractivity contribution in [2.45, 2.75) is 26.2 Å². The minimum atomic E-state index is -0.0528. The number of nitrogens with one attached hydrogen (secondary N) is 3. The molecule has 1 unspecified atom stereocenters. The Labute approximate surface area is 184 Å². The Balaban J connectivity index is 0.00000392. The fourth-order valence-electron chi connectivity index (χ4n) is 3.07. The van der Waals surface area contributed by atoms with Gasteiger partial charge in [0.1, 0.15) is 0 Å². The lowest BCUT2D eigenvalue weighted by molar-refractivity contribution is -0.127. The van der Waals surface area contributed by atoms with Crippen molar-refractivity contribution in [1.82, 2.24) is 20.9 Å². The predicted molar refractivity (Wildman–Crippen MR) is 123 cm³/mol. The summed E-state index contributed by atoms with van der Waals surface area (Å²) in [6, 6.07) is 10.2. The molecular formula is C20H32IN5O2. The number of hydrogen-bond acceptors (Lipinski definition) is 3. The summed E-state index contributed by atoms with van der Waals surface area (Å²) in [6.45, 7) is 5.04. The maximum atomic E-state index is 12.2. The third kappa shape index (κ3) is 8.45. The van der Waals surface area contributed by atoms with Crippen LogP contribution in [0.3, 0.4) is 0 Å². The molecule has 1 atom stereocenters. The van der Waals surface area contributed by atoms with E-state index in [2.05, 4.69) is 33.1 Å². The number of halogens is 1. The zero-order valence-electron chi connectivity index (χ0n) is 16.7. The number of nitrogens with zero attached hydrogens (tertiary/aromatic N) is 2. The zero-order valence-corrected chi connectivity index (χ0v) is 19.1. The maximum absolute atomic E-state index is 12.2. The van der Waals surface area contributed by atoms with E-state index in [4.69, 9.17) is 0 Å². The van der Waals surface area contributed by atoms with E-state index in [1.807, 2.05) is 30.0 Å². The molecule has 1 saturated heterocycles. The van der Waals surface area contributed by atoms with Gasteiger partial charge in [-0.2, -0.15) is 0 Å². The quantitative estimate of drug-likeness (QED) is 0.271. The zero-order chi connectivity index (χ0) is 19.5. The minimum Gasteiger partial charge on any atom is -0.356 e. The van der Waals surface area contributed by atoms with Crippen molar-refractivity contribution >= 4 is 41.8 Å². The summed E-state index contributed by atoms with van der Waals surface area (Å²) in [4.78, 5) is 30.0. The fraction of sp³-hybridized carbons (Fsp3) is 0.550. The molecule has 28 heavy (non-hydrogen) atoms. The van der Waals surface area contributed by atoms with Crippen molar-refractivity contribution in [1.29, 1.82) is 0 Å². The first kappa shape index (κ1) is 24.2. The summed E-state index contributed by atoms with van der Waals surface area (Å²) in [5, 5.41) is 9.03. The summed E-state index contributed by atoms with van der Waals surface area (Å²) < 4.78 is 0. The molecule has 1 aliphatic heterocycles. The Bertz CT molecular complexity index is 639. The normalized spacial score (nSPS) is 16.5. The fourth-order valence-corrected chi connectivity index (χ4v) is 3.07. The van der Waals surface area contributed by atoms with E-state index in [1.54, 1.807) is 7.05 Å². The number of benzene rings is 1. The first-order chi connectivity index (χ1) is 13.1. The predicted octanol–water partition coefficient (Wildman–Crippen LogP) is 1.39. The summed E-state index contributed by atoms with van der Waals surface area (Å²) in [5.74, 6) is 0.986. The Morgan fingerprint density at radius 2 is 1.96 bits per heavy atom. The smallest absolute Gasteiger partial charge is 0.239 e. The molecule has 2 rings (SSSR count). The molecule has 0 spiro atoms. The van der Waals surface area contributed by atoms with Crippen LogP contribution >= 0.6 is 24.0 Å². The van der Waals surface area contributed by atoms with E-state index in [-0.39, 0.29) is 48.3 Å². The van der Waals surface area contributed by atoms with Gasteiger partial charge in [0.25, 0.3) is 0 Å². The molecule has 0 aliphatic carbocycles. The summed E-state index contributed by atoms with van der Waals surface area (Å²) in [5.41, 5.74) is 1.25. The van der Waals surface area contributed by atoms with Crippen LogP contribution < -0.4 is 16.0 Å². The number of rotatable bonds is 9. The van der Waals surface area contributed by atoms with Gasteiger partial charge >= 0.3 is 0 Å². The topological polar surface area (TPSA) is 85.8 Å². The van der Waals surface area contributed by atoms with E-state index in [1.165, 1.54) is 5.56 Å². The second-order valence-electron chi connectivity index (χ2n) is 6.80. The van der Waals surface area contributed by atoms with Crippen LogP contribution in [-0.2, 0) is 16.0 Å². The minimum absolute atomic E-state index is 0. The summed E-state index contributed by atoms with van der Waals surface area (Å²) in [6.07, 6.45) is 2.34. The average Bonchev–Trinajstić information content (AvgIpc) is 3.05. The third-order valence-corrected chi connectivity index (χ3v) is 4.58. The van der Waals surface area contributed by atoms with E-state index in [0.717, 1.165) is 25.9 Å². The van der Waals surface area contributed by atoms with Gasteiger partial charge < -0.3 is 20.9 Å². The van der Waals surface area contributed by atoms with Crippen molar-refractivity contribution < 1.29 is 9.59 Å². The molecule has 0 radical (unpaired) electrons. The van der Waals surface area contributed by atoms with Crippen LogP contribution in [0, 0.1) is 5.92 Å². The molecule has 2 amide bonds. The molecular weight excluding hydrogens is 469 g/mol. The highest BCUT2D eigenvalue weighted by atomic mass is 127. The molecule has 1 aliphatic rings. The lowest BCUT2D eigenvalue weighted by atomic mass is 10.1. The van der Waals surface area contributed by atoms with E-state index < -0.39 is 0 Å². The van der Waals surface area contributed by atoms with Crippen LogP contribution in [-0.4, -0.2) is 62.4 Å². The number of guanidine groups is 1. The highest BCUT2D eigenvalue weighted by Crippen LogP contribution is 2.17. The van der Waals surface area contributed by atoms with E-state index in [0.29, 0.717) is 25.5 Å². The van der Waals surface area contributed by atoms with Crippen molar-refractivity contribution in [3.05, 3.63) is 35.9 Å². The highest BCUT2D eigenvalue weighted by Gasteiger charge is 2.29. The Morgan fingerprint density at radius 1 is 1.21 bits per heavy atom. The van der Waals surface area contributed by atoms with Gasteiger partial charge in [0.2, 0.25) is 11.8 Å². The number of aliphatic imine (C=N–C) groups is 1. The molecule has 0 aromatic heterocycles. The van der Waals surface area contributed by atoms with Crippen LogP contribution in [0.2, 0.25) is 0 Å². The summed E-state index contributed by atoms with van der Waals surface area (Å²) in [7, 11) is 1.67. The second-order valence-corrected chi connectivity index (χ2v) is 6.80. The van der Waals surface area contributed by atoms with Crippen molar-refractivity contribution in [3.63, 3.8) is 0 Å². The monoisotopic (exact) mass is 501 g/mol. The van der Waals surface area contributed by atoms with E-state index in [9.17, 15) is 9.59 Å². The number of carbonyl (C=O) groups is 2. The van der Waals surface area contributed by atoms with Crippen LogP contribution in [0.1, 0.15) is 25.3 Å². The Morgan fingerprint density at radius 3 is 2.64 bits per heavy atom. The molecule has 1 fully saturated rings. The Kier molecular flexibility index (Phi) is 11.5. The molecule has 1 aromatic rings. The first-order valence-electron chi connectivity index (χ1n) is 9.65. The van der Waals surface area contributed by atoms with Gasteiger partial charge in [0, 0.05) is 45.6 Å². The lowest BCUT2D eigenvalue weighted by Gasteiger charge is -2.18. The second kappa shape index (κ2) is 13.4. The van der Waals surface area contributed by atoms with Crippen molar-refractivity contribution in [2.24, 2.45) is 10.9 Å². The third-order valence-electron chi connectivity index (χ3n) is 4.58. The molecule has 3 N–H and O–H groups in total. The van der Waals surface area contributed by atoms with Gasteiger partial charge in [-0.1, -0.05) is 37.3 Å². The van der Waals surface area contributed by atoms with Crippen molar-refractivity contribution in [3.8, 4) is 0 Å². The van der Waals surface area contributed by atoms with E-state index >= 15 is 0 Å². The first-order valence-corrected chi connectivity index (χ1v) is 9.65. The molecule has 1 aromatic carbocycles. The van der Waals surface area contributed by atoms with Crippen molar-refractivity contribution in [2.75, 3.05) is 39.8 Å². The lowest BCUT2D eigenvalue weighted by Crippen LogP contribution is -2.44. The SMILES string of the molecule is CCCNC(=O)CNC(=NC)NCC1CC(=O)N(CCc2ccccc2)C1.I. The van der Waals surface area contributed by atoms with Crippen LogP contribution in [0.5, 0.6) is 0 Å². The summed E-state index contributed by atoms with van der Waals surface area (Å²) >= 11 is 0.